The summed E-state index contributed by atoms with van der Waals surface area (Å²) in [6, 6.07) is 6.75. The van der Waals surface area contributed by atoms with Crippen LogP contribution in [-0.4, -0.2) is 23.6 Å². The van der Waals surface area contributed by atoms with Crippen LogP contribution in [0.15, 0.2) is 23.4 Å². The molecule has 0 radical (unpaired) electrons. The monoisotopic (exact) mass is 275 g/mol. The van der Waals surface area contributed by atoms with Gasteiger partial charge in [-0.25, -0.2) is 0 Å². The highest BCUT2D eigenvalue weighted by atomic mass is 16.4. The van der Waals surface area contributed by atoms with E-state index in [0.29, 0.717) is 6.04 Å². The van der Waals surface area contributed by atoms with Crippen molar-refractivity contribution in [1.82, 2.24) is 0 Å². The normalized spacial score (nSPS) is 20.8. The number of hydrogen-bond donors (Lipinski definition) is 2. The molecule has 0 bridgehead atoms. The molecule has 0 aromatic heterocycles. The maximum Gasteiger partial charge on any atom is 0.172 e. The Bertz CT molecular complexity index is 485. The zero-order chi connectivity index (χ0) is 14.5. The molecular weight excluding hydrogens is 250 g/mol. The van der Waals surface area contributed by atoms with Gasteiger partial charge in [0.25, 0.3) is 0 Å². The van der Waals surface area contributed by atoms with Crippen LogP contribution >= 0.6 is 0 Å². The Morgan fingerprint density at radius 1 is 1.40 bits per heavy atom. The van der Waals surface area contributed by atoms with E-state index in [-0.39, 0.29) is 5.84 Å². The molecule has 0 saturated carbocycles. The summed E-state index contributed by atoms with van der Waals surface area (Å²) in [4.78, 5) is 2.44. The van der Waals surface area contributed by atoms with Crippen LogP contribution in [0.4, 0.5) is 5.69 Å². The number of rotatable bonds is 3. The Hall–Kier alpha value is -1.71. The highest BCUT2D eigenvalue weighted by Crippen LogP contribution is 2.29. The van der Waals surface area contributed by atoms with Crippen LogP contribution < -0.4 is 10.6 Å². The molecule has 1 saturated heterocycles. The number of nitrogens with two attached hydrogens (primary N) is 1. The largest absolute Gasteiger partial charge is 0.409 e. The Labute approximate surface area is 121 Å². The van der Waals surface area contributed by atoms with Crippen molar-refractivity contribution in [3.8, 4) is 0 Å². The summed E-state index contributed by atoms with van der Waals surface area (Å²) in [5.41, 5.74) is 8.93. The first-order chi connectivity index (χ1) is 9.67. The highest BCUT2D eigenvalue weighted by molar-refractivity contribution is 6.02. The SMILES string of the molecule is CCC1CCCCCN1c1ccc(C)cc1/C(N)=N/O. The van der Waals surface area contributed by atoms with E-state index in [0.717, 1.165) is 29.8 Å². The summed E-state index contributed by atoms with van der Waals surface area (Å²) in [7, 11) is 0. The standard InChI is InChI=1S/C16H25N3O/c1-3-13-7-5-4-6-10-19(13)15-9-8-12(2)11-14(15)16(17)18-20/h8-9,11,13,20H,3-7,10H2,1-2H3,(H2,17,18). The molecule has 1 aromatic carbocycles. The second kappa shape index (κ2) is 6.64. The average molecular weight is 275 g/mol. The molecule has 1 fully saturated rings. The summed E-state index contributed by atoms with van der Waals surface area (Å²) in [6.45, 7) is 5.31. The maximum absolute atomic E-state index is 9.03. The van der Waals surface area contributed by atoms with Crippen LogP contribution in [0.3, 0.4) is 0 Å². The number of aryl methyl sites for hydroxylation is 1. The molecule has 110 valence electrons. The van der Waals surface area contributed by atoms with Gasteiger partial charge in [-0.2, -0.15) is 0 Å². The Morgan fingerprint density at radius 2 is 2.20 bits per heavy atom. The Balaban J connectivity index is 2.43. The van der Waals surface area contributed by atoms with Crippen molar-refractivity contribution in [3.63, 3.8) is 0 Å². The minimum atomic E-state index is 0.197. The van der Waals surface area contributed by atoms with Crippen LogP contribution in [0.25, 0.3) is 0 Å². The average Bonchev–Trinajstić information content (AvgIpc) is 2.71. The number of anilines is 1. The van der Waals surface area contributed by atoms with E-state index >= 15 is 0 Å². The van der Waals surface area contributed by atoms with Crippen molar-refractivity contribution in [2.75, 3.05) is 11.4 Å². The van der Waals surface area contributed by atoms with Gasteiger partial charge in [-0.05, 0) is 38.3 Å². The third-order valence-corrected chi connectivity index (χ3v) is 4.19. The lowest BCUT2D eigenvalue weighted by Gasteiger charge is -2.33. The Kier molecular flexibility index (Phi) is 4.88. The van der Waals surface area contributed by atoms with E-state index in [9.17, 15) is 0 Å². The van der Waals surface area contributed by atoms with Crippen molar-refractivity contribution in [2.24, 2.45) is 10.9 Å². The molecule has 20 heavy (non-hydrogen) atoms. The maximum atomic E-state index is 9.03. The molecule has 1 aromatic rings. The number of nitrogens with zero attached hydrogens (tertiary/aromatic N) is 2. The topological polar surface area (TPSA) is 61.8 Å². The zero-order valence-electron chi connectivity index (χ0n) is 12.5. The molecule has 1 aliphatic rings. The summed E-state index contributed by atoms with van der Waals surface area (Å²) >= 11 is 0. The molecule has 0 aliphatic carbocycles. The van der Waals surface area contributed by atoms with Crippen molar-refractivity contribution in [1.29, 1.82) is 0 Å². The number of benzene rings is 1. The molecule has 1 atom stereocenters. The Morgan fingerprint density at radius 3 is 2.90 bits per heavy atom. The molecule has 0 amide bonds. The lowest BCUT2D eigenvalue weighted by Crippen LogP contribution is -2.36. The minimum absolute atomic E-state index is 0.197. The van der Waals surface area contributed by atoms with Gasteiger partial charge in [0.05, 0.1) is 0 Å². The highest BCUT2D eigenvalue weighted by Gasteiger charge is 2.22. The number of hydrogen-bond acceptors (Lipinski definition) is 3. The summed E-state index contributed by atoms with van der Waals surface area (Å²) in [5.74, 6) is 0.197. The molecule has 3 N–H and O–H groups in total. The van der Waals surface area contributed by atoms with Crippen LogP contribution in [0.1, 0.15) is 50.2 Å². The van der Waals surface area contributed by atoms with Gasteiger partial charge in [-0.15, -0.1) is 0 Å². The van der Waals surface area contributed by atoms with Crippen LogP contribution in [0.5, 0.6) is 0 Å². The van der Waals surface area contributed by atoms with Gasteiger partial charge in [0.2, 0.25) is 0 Å². The summed E-state index contributed by atoms with van der Waals surface area (Å²) in [5, 5.41) is 12.2. The molecule has 4 nitrogen and oxygen atoms in total. The van der Waals surface area contributed by atoms with Crippen LogP contribution in [0, 0.1) is 6.92 Å². The fraction of sp³-hybridized carbons (Fsp3) is 0.562. The van der Waals surface area contributed by atoms with Gasteiger partial charge in [0.15, 0.2) is 5.84 Å². The predicted octanol–water partition coefficient (Wildman–Crippen LogP) is 3.25. The second-order valence-corrected chi connectivity index (χ2v) is 5.61. The van der Waals surface area contributed by atoms with Crippen molar-refractivity contribution >= 4 is 11.5 Å². The van der Waals surface area contributed by atoms with E-state index in [1.165, 1.54) is 25.7 Å². The molecule has 2 rings (SSSR count). The lowest BCUT2D eigenvalue weighted by atomic mass is 10.0. The van der Waals surface area contributed by atoms with E-state index in [4.69, 9.17) is 10.9 Å². The van der Waals surface area contributed by atoms with E-state index < -0.39 is 0 Å². The van der Waals surface area contributed by atoms with E-state index in [1.807, 2.05) is 13.0 Å². The minimum Gasteiger partial charge on any atom is -0.409 e. The first-order valence-electron chi connectivity index (χ1n) is 7.52. The first-order valence-corrected chi connectivity index (χ1v) is 7.52. The second-order valence-electron chi connectivity index (χ2n) is 5.61. The molecule has 1 unspecified atom stereocenters. The quantitative estimate of drug-likeness (QED) is 0.385. The fourth-order valence-corrected chi connectivity index (χ4v) is 3.08. The third kappa shape index (κ3) is 3.06. The predicted molar refractivity (Wildman–Crippen MR) is 83.6 cm³/mol. The van der Waals surface area contributed by atoms with Gasteiger partial charge in [0.1, 0.15) is 0 Å². The zero-order valence-corrected chi connectivity index (χ0v) is 12.5. The van der Waals surface area contributed by atoms with Crippen molar-refractivity contribution < 1.29 is 5.21 Å². The van der Waals surface area contributed by atoms with Crippen LogP contribution in [-0.2, 0) is 0 Å². The summed E-state index contributed by atoms with van der Waals surface area (Å²) < 4.78 is 0. The fourth-order valence-electron chi connectivity index (χ4n) is 3.08. The lowest BCUT2D eigenvalue weighted by molar-refractivity contribution is 0.318. The number of amidine groups is 1. The smallest absolute Gasteiger partial charge is 0.172 e. The molecule has 4 heteroatoms. The van der Waals surface area contributed by atoms with E-state index in [2.05, 4.69) is 29.1 Å². The van der Waals surface area contributed by atoms with Gasteiger partial charge in [-0.3, -0.25) is 0 Å². The van der Waals surface area contributed by atoms with Gasteiger partial charge >= 0.3 is 0 Å². The molecule has 1 heterocycles. The van der Waals surface area contributed by atoms with Crippen LogP contribution in [0.2, 0.25) is 0 Å². The molecule has 0 spiro atoms. The number of oxime groups is 1. The van der Waals surface area contributed by atoms with E-state index in [1.54, 1.807) is 0 Å². The third-order valence-electron chi connectivity index (χ3n) is 4.19. The first kappa shape index (κ1) is 14.7. The van der Waals surface area contributed by atoms with Crippen molar-refractivity contribution in [3.05, 3.63) is 29.3 Å². The molecule has 1 aliphatic heterocycles. The van der Waals surface area contributed by atoms with Crippen molar-refractivity contribution in [2.45, 2.75) is 52.0 Å². The van der Waals surface area contributed by atoms with Gasteiger partial charge < -0.3 is 15.8 Å². The summed E-state index contributed by atoms with van der Waals surface area (Å²) in [6.07, 6.45) is 6.14. The van der Waals surface area contributed by atoms with Gasteiger partial charge in [0, 0.05) is 23.8 Å². The molecular formula is C16H25N3O. The van der Waals surface area contributed by atoms with Gasteiger partial charge in [-0.1, -0.05) is 36.6 Å².